The summed E-state index contributed by atoms with van der Waals surface area (Å²) in [5.41, 5.74) is 2.92. The Balaban J connectivity index is 1.84. The first-order valence-electron chi connectivity index (χ1n) is 9.01. The van der Waals surface area contributed by atoms with Crippen LogP contribution in [0.25, 0.3) is 0 Å². The Kier molecular flexibility index (Phi) is 6.55. The molecule has 1 fully saturated rings. The number of rotatable bonds is 6. The average Bonchev–Trinajstić information content (AvgIpc) is 2.65. The molecule has 1 N–H and O–H groups in total. The van der Waals surface area contributed by atoms with E-state index in [0.717, 1.165) is 24.2 Å². The van der Waals surface area contributed by atoms with Crippen molar-refractivity contribution in [3.63, 3.8) is 0 Å². The van der Waals surface area contributed by atoms with Gasteiger partial charge in [0.05, 0.1) is 18.1 Å². The number of sulfonamides is 1. The second kappa shape index (κ2) is 8.71. The fourth-order valence-electron chi connectivity index (χ4n) is 3.35. The van der Waals surface area contributed by atoms with Gasteiger partial charge < -0.3 is 4.74 Å². The van der Waals surface area contributed by atoms with Crippen LogP contribution in [0.15, 0.2) is 47.4 Å². The largest absolute Gasteiger partial charge is 0.379 e. The molecule has 1 aliphatic heterocycles. The molecule has 0 saturated carbocycles. The van der Waals surface area contributed by atoms with Gasteiger partial charge in [-0.3, -0.25) is 4.90 Å². The topological polar surface area (TPSA) is 58.6 Å². The molecule has 1 saturated heterocycles. The molecule has 0 aromatic heterocycles. The lowest BCUT2D eigenvalue weighted by Gasteiger charge is -2.35. The normalized spacial score (nSPS) is 17.0. The molecule has 1 heterocycles. The minimum absolute atomic E-state index is 0.0527. The minimum Gasteiger partial charge on any atom is -0.379 e. The van der Waals surface area contributed by atoms with E-state index in [4.69, 9.17) is 16.3 Å². The number of halogens is 1. The third-order valence-electron chi connectivity index (χ3n) is 4.82. The molecule has 0 spiro atoms. The first-order valence-corrected chi connectivity index (χ1v) is 10.9. The highest BCUT2D eigenvalue weighted by Gasteiger charge is 2.26. The number of hydrogen-bond donors (Lipinski definition) is 1. The Labute approximate surface area is 166 Å². The van der Waals surface area contributed by atoms with Gasteiger partial charge in [0, 0.05) is 30.7 Å². The Hall–Kier alpha value is -1.44. The van der Waals surface area contributed by atoms with E-state index >= 15 is 0 Å². The van der Waals surface area contributed by atoms with Crippen molar-refractivity contribution in [3.8, 4) is 0 Å². The lowest BCUT2D eigenvalue weighted by Crippen LogP contribution is -2.43. The second-order valence-corrected chi connectivity index (χ2v) is 9.01. The lowest BCUT2D eigenvalue weighted by atomic mass is 10.0. The molecule has 146 valence electrons. The molecule has 0 radical (unpaired) electrons. The molecule has 1 aliphatic rings. The molecule has 5 nitrogen and oxygen atoms in total. The van der Waals surface area contributed by atoms with Crippen LogP contribution in [-0.2, 0) is 14.8 Å². The van der Waals surface area contributed by atoms with Gasteiger partial charge in [0.15, 0.2) is 0 Å². The second-order valence-electron chi connectivity index (χ2n) is 6.84. The number of aryl methyl sites for hydroxylation is 2. The van der Waals surface area contributed by atoms with Crippen molar-refractivity contribution in [2.24, 2.45) is 0 Å². The summed E-state index contributed by atoms with van der Waals surface area (Å²) >= 11 is 6.01. The molecule has 0 bridgehead atoms. The number of ether oxygens (including phenoxy) is 1. The smallest absolute Gasteiger partial charge is 0.240 e. The molecule has 0 aliphatic carbocycles. The number of nitrogens with one attached hydrogen (secondary N) is 1. The first-order chi connectivity index (χ1) is 12.9. The van der Waals surface area contributed by atoms with Gasteiger partial charge in [-0.1, -0.05) is 47.5 Å². The molecular formula is C20H25ClN2O3S. The van der Waals surface area contributed by atoms with E-state index in [9.17, 15) is 8.42 Å². The van der Waals surface area contributed by atoms with Gasteiger partial charge in [-0.25, -0.2) is 13.1 Å². The Morgan fingerprint density at radius 1 is 1.15 bits per heavy atom. The number of benzene rings is 2. The van der Waals surface area contributed by atoms with Crippen LogP contribution in [0.3, 0.4) is 0 Å². The summed E-state index contributed by atoms with van der Waals surface area (Å²) in [4.78, 5) is 2.49. The standard InChI is InChI=1S/C20H25ClN2O3S/c1-15-4-3-5-17(12-15)19(23-8-10-26-11-9-23)14-22-27(24,25)20-13-18(21)7-6-16(20)2/h3-7,12-13,19,22H,8-11,14H2,1-2H3. The van der Waals surface area contributed by atoms with Gasteiger partial charge >= 0.3 is 0 Å². The molecular weight excluding hydrogens is 384 g/mol. The van der Waals surface area contributed by atoms with Gasteiger partial charge in [-0.2, -0.15) is 0 Å². The quantitative estimate of drug-likeness (QED) is 0.796. The fourth-order valence-corrected chi connectivity index (χ4v) is 4.90. The average molecular weight is 409 g/mol. The molecule has 2 aromatic carbocycles. The van der Waals surface area contributed by atoms with Gasteiger partial charge in [0.1, 0.15) is 0 Å². The summed E-state index contributed by atoms with van der Waals surface area (Å²) in [7, 11) is -3.66. The molecule has 0 amide bonds. The van der Waals surface area contributed by atoms with Crippen LogP contribution < -0.4 is 4.72 Å². The van der Waals surface area contributed by atoms with Crippen molar-refractivity contribution in [1.82, 2.24) is 9.62 Å². The van der Waals surface area contributed by atoms with Gasteiger partial charge in [0.25, 0.3) is 0 Å². The van der Waals surface area contributed by atoms with E-state index in [-0.39, 0.29) is 17.5 Å². The van der Waals surface area contributed by atoms with Crippen LogP contribution in [0.1, 0.15) is 22.7 Å². The monoisotopic (exact) mass is 408 g/mol. The maximum absolute atomic E-state index is 12.9. The van der Waals surface area contributed by atoms with Crippen molar-refractivity contribution in [2.45, 2.75) is 24.8 Å². The third-order valence-corrected chi connectivity index (χ3v) is 6.62. The van der Waals surface area contributed by atoms with E-state index < -0.39 is 10.0 Å². The van der Waals surface area contributed by atoms with Crippen molar-refractivity contribution >= 4 is 21.6 Å². The van der Waals surface area contributed by atoms with E-state index in [1.165, 1.54) is 6.07 Å². The fraction of sp³-hybridized carbons (Fsp3) is 0.400. The third kappa shape index (κ3) is 5.09. The van der Waals surface area contributed by atoms with Crippen LogP contribution >= 0.6 is 11.6 Å². The lowest BCUT2D eigenvalue weighted by molar-refractivity contribution is 0.0172. The van der Waals surface area contributed by atoms with Crippen LogP contribution in [0.5, 0.6) is 0 Å². The van der Waals surface area contributed by atoms with Crippen molar-refractivity contribution in [1.29, 1.82) is 0 Å². The summed E-state index contributed by atoms with van der Waals surface area (Å²) in [6.07, 6.45) is 0. The number of nitrogens with zero attached hydrogens (tertiary/aromatic N) is 1. The van der Waals surface area contributed by atoms with E-state index in [1.807, 2.05) is 25.1 Å². The van der Waals surface area contributed by atoms with E-state index in [2.05, 4.69) is 15.7 Å². The SMILES string of the molecule is Cc1cccc(C(CNS(=O)(=O)c2cc(Cl)ccc2C)N2CCOCC2)c1. The summed E-state index contributed by atoms with van der Waals surface area (Å²) < 4.78 is 34.0. The summed E-state index contributed by atoms with van der Waals surface area (Å²) in [5, 5.41) is 0.407. The Morgan fingerprint density at radius 3 is 2.59 bits per heavy atom. The van der Waals surface area contributed by atoms with Crippen LogP contribution in [0.4, 0.5) is 0 Å². The minimum atomic E-state index is -3.66. The van der Waals surface area contributed by atoms with E-state index in [1.54, 1.807) is 19.1 Å². The zero-order valence-electron chi connectivity index (χ0n) is 15.6. The zero-order chi connectivity index (χ0) is 19.4. The van der Waals surface area contributed by atoms with Crippen LogP contribution in [0, 0.1) is 13.8 Å². The van der Waals surface area contributed by atoms with Crippen molar-refractivity contribution in [2.75, 3.05) is 32.8 Å². The molecule has 7 heteroatoms. The van der Waals surface area contributed by atoms with Crippen LogP contribution in [-0.4, -0.2) is 46.2 Å². The molecule has 27 heavy (non-hydrogen) atoms. The highest BCUT2D eigenvalue weighted by Crippen LogP contribution is 2.24. The summed E-state index contributed by atoms with van der Waals surface area (Å²) in [5.74, 6) is 0. The molecule has 1 atom stereocenters. The zero-order valence-corrected chi connectivity index (χ0v) is 17.2. The van der Waals surface area contributed by atoms with Gasteiger partial charge in [0.2, 0.25) is 10.0 Å². The number of hydrogen-bond acceptors (Lipinski definition) is 4. The summed E-state index contributed by atoms with van der Waals surface area (Å²) in [6, 6.07) is 13.1. The predicted octanol–water partition coefficient (Wildman–Crippen LogP) is 3.31. The molecule has 1 unspecified atom stereocenters. The van der Waals surface area contributed by atoms with Crippen molar-refractivity contribution in [3.05, 3.63) is 64.2 Å². The first kappa shape index (κ1) is 20.3. The summed E-state index contributed by atoms with van der Waals surface area (Å²) in [6.45, 7) is 6.96. The Bertz CT molecular complexity index is 896. The maximum atomic E-state index is 12.9. The van der Waals surface area contributed by atoms with Crippen molar-refractivity contribution < 1.29 is 13.2 Å². The highest BCUT2D eigenvalue weighted by atomic mass is 35.5. The predicted molar refractivity (Wildman–Crippen MR) is 108 cm³/mol. The molecule has 3 rings (SSSR count). The number of morpholine rings is 1. The Morgan fingerprint density at radius 2 is 1.89 bits per heavy atom. The van der Waals surface area contributed by atoms with Gasteiger partial charge in [-0.15, -0.1) is 0 Å². The van der Waals surface area contributed by atoms with E-state index in [0.29, 0.717) is 23.8 Å². The van der Waals surface area contributed by atoms with Crippen LogP contribution in [0.2, 0.25) is 5.02 Å². The van der Waals surface area contributed by atoms with Gasteiger partial charge in [-0.05, 0) is 37.1 Å². The maximum Gasteiger partial charge on any atom is 0.240 e. The molecule has 2 aromatic rings. The highest BCUT2D eigenvalue weighted by molar-refractivity contribution is 7.89.